The first-order valence-electron chi connectivity index (χ1n) is 12.0. The van der Waals surface area contributed by atoms with Crippen molar-refractivity contribution in [2.45, 2.75) is 45.8 Å². The van der Waals surface area contributed by atoms with E-state index >= 15 is 0 Å². The van der Waals surface area contributed by atoms with Gasteiger partial charge in [0, 0.05) is 30.4 Å². The zero-order valence-electron chi connectivity index (χ0n) is 22.1. The van der Waals surface area contributed by atoms with Crippen LogP contribution in [0.1, 0.15) is 33.3 Å². The van der Waals surface area contributed by atoms with Crippen LogP contribution in [-0.2, 0) is 20.8 Å². The predicted molar refractivity (Wildman–Crippen MR) is 146 cm³/mol. The van der Waals surface area contributed by atoms with Crippen LogP contribution in [0.2, 0.25) is 0 Å². The standard InChI is InChI=1S/C27H32N6O6/c1-17(34)31-20-12-14-21(15-13-20)32-25(37)33(26(2,3)4)27(38-23(28)35,39-24(29)36)30-16-19-10-7-9-18-8-5-6-11-22(18)19/h5-15,30H,16H2,1-4H3,(H2,28,35)(H2,29,36)(H,31,34)(H,32,37). The Bertz CT molecular complexity index is 1350. The SMILES string of the molecule is CC(=O)Nc1ccc(NC(=O)N(C(C)(C)C)C(NCc2cccc3ccccc23)(OC(N)=O)OC(N)=O)cc1. The van der Waals surface area contributed by atoms with E-state index in [-0.39, 0.29) is 12.5 Å². The molecule has 0 aliphatic rings. The molecule has 5 amide bonds. The minimum Gasteiger partial charge on any atom is -0.373 e. The highest BCUT2D eigenvalue weighted by Crippen LogP contribution is 2.29. The molecule has 12 nitrogen and oxygen atoms in total. The first-order chi connectivity index (χ1) is 18.3. The fraction of sp³-hybridized carbons (Fsp3) is 0.259. The van der Waals surface area contributed by atoms with Crippen molar-refractivity contribution in [3.63, 3.8) is 0 Å². The number of carbonyl (C=O) groups is 4. The summed E-state index contributed by atoms with van der Waals surface area (Å²) in [5.74, 6) is -0.250. The van der Waals surface area contributed by atoms with Crippen molar-refractivity contribution in [2.24, 2.45) is 11.5 Å². The van der Waals surface area contributed by atoms with Gasteiger partial charge in [-0.1, -0.05) is 42.5 Å². The van der Waals surface area contributed by atoms with E-state index in [9.17, 15) is 19.2 Å². The van der Waals surface area contributed by atoms with Crippen LogP contribution in [-0.4, -0.2) is 40.6 Å². The number of amides is 5. The van der Waals surface area contributed by atoms with E-state index in [2.05, 4.69) is 16.0 Å². The number of carbonyl (C=O) groups excluding carboxylic acids is 4. The van der Waals surface area contributed by atoms with Gasteiger partial charge in [0.1, 0.15) is 0 Å². The molecule has 0 spiro atoms. The largest absolute Gasteiger partial charge is 0.419 e. The predicted octanol–water partition coefficient (Wildman–Crippen LogP) is 4.02. The number of anilines is 2. The van der Waals surface area contributed by atoms with Crippen LogP contribution < -0.4 is 27.4 Å². The number of hydrogen-bond acceptors (Lipinski definition) is 7. The van der Waals surface area contributed by atoms with Crippen LogP contribution in [0.25, 0.3) is 10.8 Å². The highest BCUT2D eigenvalue weighted by Gasteiger charge is 2.52. The van der Waals surface area contributed by atoms with Gasteiger partial charge in [0.2, 0.25) is 5.91 Å². The maximum absolute atomic E-state index is 13.7. The molecule has 206 valence electrons. The third-order valence-electron chi connectivity index (χ3n) is 5.48. The fourth-order valence-corrected chi connectivity index (χ4v) is 4.09. The molecule has 0 atom stereocenters. The fourth-order valence-electron chi connectivity index (χ4n) is 4.09. The maximum atomic E-state index is 13.7. The Balaban J connectivity index is 2.02. The lowest BCUT2D eigenvalue weighted by atomic mass is 10.0. The number of ether oxygens (including phenoxy) is 2. The Hall–Kier alpha value is -4.84. The lowest BCUT2D eigenvalue weighted by Gasteiger charge is -2.46. The Morgan fingerprint density at radius 3 is 1.87 bits per heavy atom. The zero-order chi connectivity index (χ0) is 28.8. The van der Waals surface area contributed by atoms with Gasteiger partial charge >= 0.3 is 24.3 Å². The second-order valence-electron chi connectivity index (χ2n) is 9.61. The first-order valence-corrected chi connectivity index (χ1v) is 12.0. The first kappa shape index (κ1) is 28.7. The summed E-state index contributed by atoms with van der Waals surface area (Å²) in [7, 11) is 0. The van der Waals surface area contributed by atoms with E-state index in [0.717, 1.165) is 21.2 Å². The van der Waals surface area contributed by atoms with Crippen LogP contribution in [0.3, 0.4) is 0 Å². The highest BCUT2D eigenvalue weighted by molar-refractivity contribution is 5.92. The van der Waals surface area contributed by atoms with Gasteiger partial charge in [0.25, 0.3) is 0 Å². The molecule has 0 saturated carbocycles. The smallest absolute Gasteiger partial charge is 0.373 e. The summed E-state index contributed by atoms with van der Waals surface area (Å²) < 4.78 is 10.6. The van der Waals surface area contributed by atoms with Crippen LogP contribution in [0.5, 0.6) is 0 Å². The van der Waals surface area contributed by atoms with Crippen LogP contribution in [0.15, 0.2) is 66.7 Å². The Kier molecular flexibility index (Phi) is 8.61. The summed E-state index contributed by atoms with van der Waals surface area (Å²) >= 11 is 0. The van der Waals surface area contributed by atoms with Crippen molar-refractivity contribution in [3.05, 3.63) is 72.3 Å². The molecule has 0 saturated heterocycles. The molecule has 0 aliphatic heterocycles. The van der Waals surface area contributed by atoms with Crippen molar-refractivity contribution in [2.75, 3.05) is 10.6 Å². The third-order valence-corrected chi connectivity index (χ3v) is 5.48. The van der Waals surface area contributed by atoms with E-state index in [1.54, 1.807) is 45.0 Å². The minimum atomic E-state index is -2.53. The van der Waals surface area contributed by atoms with Crippen molar-refractivity contribution in [3.8, 4) is 0 Å². The number of primary amides is 2. The zero-order valence-corrected chi connectivity index (χ0v) is 22.1. The molecular weight excluding hydrogens is 504 g/mol. The molecule has 39 heavy (non-hydrogen) atoms. The molecule has 0 radical (unpaired) electrons. The third kappa shape index (κ3) is 7.36. The van der Waals surface area contributed by atoms with Gasteiger partial charge in [-0.15, -0.1) is 0 Å². The van der Waals surface area contributed by atoms with Crippen molar-refractivity contribution in [1.29, 1.82) is 0 Å². The van der Waals surface area contributed by atoms with Gasteiger partial charge < -0.3 is 31.6 Å². The summed E-state index contributed by atoms with van der Waals surface area (Å²) in [6, 6.07) is 16.1. The Morgan fingerprint density at radius 2 is 1.33 bits per heavy atom. The molecular formula is C27H32N6O6. The van der Waals surface area contributed by atoms with Crippen molar-refractivity contribution in [1.82, 2.24) is 10.2 Å². The molecule has 3 aromatic carbocycles. The summed E-state index contributed by atoms with van der Waals surface area (Å²) in [6.07, 6.45) is -2.66. The molecule has 0 aliphatic carbocycles. The van der Waals surface area contributed by atoms with Gasteiger partial charge in [-0.3, -0.25) is 4.79 Å². The molecule has 0 aromatic heterocycles. The highest BCUT2D eigenvalue weighted by atomic mass is 16.8. The summed E-state index contributed by atoms with van der Waals surface area (Å²) in [5.41, 5.74) is 11.2. The van der Waals surface area contributed by atoms with E-state index in [4.69, 9.17) is 20.9 Å². The minimum absolute atomic E-state index is 0.0206. The van der Waals surface area contributed by atoms with Gasteiger partial charge in [-0.2, -0.15) is 0 Å². The molecule has 7 N–H and O–H groups in total. The number of hydrogen-bond donors (Lipinski definition) is 5. The van der Waals surface area contributed by atoms with Crippen molar-refractivity contribution >= 4 is 46.3 Å². The maximum Gasteiger partial charge on any atom is 0.419 e. The second kappa shape index (κ2) is 11.7. The average Bonchev–Trinajstić information content (AvgIpc) is 2.82. The molecule has 12 heteroatoms. The quantitative estimate of drug-likeness (QED) is 0.270. The monoisotopic (exact) mass is 536 g/mol. The Morgan fingerprint density at radius 1 is 0.795 bits per heavy atom. The van der Waals surface area contributed by atoms with Gasteiger partial charge in [-0.05, 0) is 61.4 Å². The molecule has 0 heterocycles. The summed E-state index contributed by atoms with van der Waals surface area (Å²) in [4.78, 5) is 50.2. The topological polar surface area (TPSA) is 178 Å². The molecule has 3 aromatic rings. The number of rotatable bonds is 8. The van der Waals surface area contributed by atoms with E-state index < -0.39 is 29.8 Å². The van der Waals surface area contributed by atoms with Gasteiger partial charge in [0.15, 0.2) is 0 Å². The van der Waals surface area contributed by atoms with Gasteiger partial charge in [0.05, 0.1) is 0 Å². The normalized spacial score (nSPS) is 11.4. The van der Waals surface area contributed by atoms with E-state index in [1.807, 2.05) is 42.5 Å². The number of nitrogens with two attached hydrogens (primary N) is 2. The second-order valence-corrected chi connectivity index (χ2v) is 9.61. The van der Waals surface area contributed by atoms with E-state index in [1.165, 1.54) is 6.92 Å². The molecule has 0 bridgehead atoms. The average molecular weight is 537 g/mol. The number of urea groups is 1. The molecule has 0 unspecified atom stereocenters. The molecule has 0 fully saturated rings. The van der Waals surface area contributed by atoms with E-state index in [0.29, 0.717) is 11.4 Å². The number of fused-ring (bicyclic) bond motifs is 1. The lowest BCUT2D eigenvalue weighted by Crippen LogP contribution is -2.71. The number of nitrogens with one attached hydrogen (secondary N) is 3. The van der Waals surface area contributed by atoms with Crippen molar-refractivity contribution < 1.29 is 28.7 Å². The Labute approximate surface area is 225 Å². The van der Waals surface area contributed by atoms with Crippen LogP contribution in [0.4, 0.5) is 25.8 Å². The summed E-state index contributed by atoms with van der Waals surface area (Å²) in [5, 5.41) is 10.0. The molecule has 3 rings (SSSR count). The number of nitrogens with zero attached hydrogens (tertiary/aromatic N) is 1. The number of benzene rings is 3. The van der Waals surface area contributed by atoms with Crippen LogP contribution in [0, 0.1) is 0 Å². The van der Waals surface area contributed by atoms with Gasteiger partial charge in [-0.25, -0.2) is 24.6 Å². The van der Waals surface area contributed by atoms with Crippen LogP contribution >= 0.6 is 0 Å². The summed E-state index contributed by atoms with van der Waals surface area (Å²) in [6.45, 7) is 6.26. The lowest BCUT2D eigenvalue weighted by molar-refractivity contribution is -0.275.